The summed E-state index contributed by atoms with van der Waals surface area (Å²) in [5.74, 6) is 1.91. The molecule has 0 unspecified atom stereocenters. The van der Waals surface area contributed by atoms with Crippen LogP contribution in [0, 0.1) is 10.8 Å². The first-order chi connectivity index (χ1) is 13.8. The standard InChI is InChI=1S/C9H8O2.C6H8N2O.2C5H12/c10-8-5-7-3-1-2-4-9(7)11-6-8;1-4-8-6(9-5-1)2-3-7-8;2*1-5(2,3)4/h1-4H,5-6H2;2-3H,1,4-5H2;2*1-4H3. The number of benzene rings is 1. The minimum absolute atomic E-state index is 0.156. The molecule has 2 aliphatic rings. The third kappa shape index (κ3) is 13.0. The van der Waals surface area contributed by atoms with E-state index in [0.717, 1.165) is 36.8 Å². The molecule has 0 amide bonds. The van der Waals surface area contributed by atoms with Crippen molar-refractivity contribution in [2.45, 2.75) is 74.8 Å². The van der Waals surface area contributed by atoms with Crippen LogP contribution in [-0.2, 0) is 17.8 Å². The van der Waals surface area contributed by atoms with E-state index in [-0.39, 0.29) is 12.4 Å². The molecule has 5 nitrogen and oxygen atoms in total. The van der Waals surface area contributed by atoms with E-state index in [9.17, 15) is 4.79 Å². The Morgan fingerprint density at radius 3 is 2.10 bits per heavy atom. The van der Waals surface area contributed by atoms with Crippen LogP contribution in [0.1, 0.15) is 67.4 Å². The van der Waals surface area contributed by atoms with Crippen LogP contribution in [0.3, 0.4) is 0 Å². The van der Waals surface area contributed by atoms with Crippen molar-refractivity contribution in [1.82, 2.24) is 9.78 Å². The zero-order valence-corrected chi connectivity index (χ0v) is 20.1. The first kappa shape index (κ1) is 25.7. The minimum Gasteiger partial charge on any atom is -0.486 e. The quantitative estimate of drug-likeness (QED) is 0.531. The van der Waals surface area contributed by atoms with Crippen molar-refractivity contribution in [2.75, 3.05) is 13.2 Å². The van der Waals surface area contributed by atoms with Crippen molar-refractivity contribution in [3.63, 3.8) is 0 Å². The Hall–Kier alpha value is -2.30. The van der Waals surface area contributed by atoms with Crippen molar-refractivity contribution >= 4 is 5.78 Å². The molecular weight excluding hydrogens is 376 g/mol. The van der Waals surface area contributed by atoms with Gasteiger partial charge in [0.1, 0.15) is 12.4 Å². The summed E-state index contributed by atoms with van der Waals surface area (Å²) in [5.41, 5.74) is 2.00. The van der Waals surface area contributed by atoms with Crippen molar-refractivity contribution in [2.24, 2.45) is 10.8 Å². The van der Waals surface area contributed by atoms with Crippen LogP contribution in [0.5, 0.6) is 11.6 Å². The second-order valence-corrected chi connectivity index (χ2v) is 10.7. The van der Waals surface area contributed by atoms with E-state index in [1.165, 1.54) is 0 Å². The molecular formula is C25H40N2O3. The van der Waals surface area contributed by atoms with Gasteiger partial charge in [-0.05, 0) is 16.9 Å². The van der Waals surface area contributed by atoms with Gasteiger partial charge in [-0.2, -0.15) is 5.10 Å². The smallest absolute Gasteiger partial charge is 0.211 e. The molecule has 0 fully saturated rings. The highest BCUT2D eigenvalue weighted by atomic mass is 16.5. The van der Waals surface area contributed by atoms with Crippen molar-refractivity contribution in [3.05, 3.63) is 42.1 Å². The maximum Gasteiger partial charge on any atom is 0.211 e. The second kappa shape index (κ2) is 11.8. The van der Waals surface area contributed by atoms with E-state index in [1.807, 2.05) is 35.0 Å². The first-order valence-corrected chi connectivity index (χ1v) is 10.7. The number of fused-ring (bicyclic) bond motifs is 2. The predicted molar refractivity (Wildman–Crippen MR) is 123 cm³/mol. The number of aromatic nitrogens is 2. The summed E-state index contributed by atoms with van der Waals surface area (Å²) in [6.45, 7) is 19.6. The lowest BCUT2D eigenvalue weighted by atomic mass is 10.0. The Labute approximate surface area is 182 Å². The van der Waals surface area contributed by atoms with Gasteiger partial charge in [0.2, 0.25) is 5.88 Å². The van der Waals surface area contributed by atoms with Crippen LogP contribution >= 0.6 is 0 Å². The number of ketones is 1. The third-order valence-corrected chi connectivity index (χ3v) is 3.19. The molecule has 4 rings (SSSR count). The van der Waals surface area contributed by atoms with Crippen LogP contribution in [0.4, 0.5) is 0 Å². The molecule has 0 aliphatic carbocycles. The largest absolute Gasteiger partial charge is 0.486 e. The maximum atomic E-state index is 10.9. The van der Waals surface area contributed by atoms with Crippen LogP contribution in [0.25, 0.3) is 0 Å². The molecule has 0 saturated heterocycles. The monoisotopic (exact) mass is 416 g/mol. The maximum absolute atomic E-state index is 10.9. The van der Waals surface area contributed by atoms with Gasteiger partial charge >= 0.3 is 0 Å². The molecule has 30 heavy (non-hydrogen) atoms. The van der Waals surface area contributed by atoms with Crippen LogP contribution in [-0.4, -0.2) is 28.8 Å². The third-order valence-electron chi connectivity index (χ3n) is 3.19. The number of ether oxygens (including phenoxy) is 2. The van der Waals surface area contributed by atoms with Gasteiger partial charge in [-0.25, -0.2) is 4.68 Å². The van der Waals surface area contributed by atoms with Crippen molar-refractivity contribution in [1.29, 1.82) is 0 Å². The molecule has 0 spiro atoms. The average Bonchev–Trinajstić information content (AvgIpc) is 3.08. The summed E-state index contributed by atoms with van der Waals surface area (Å²) in [6.07, 6.45) is 3.37. The lowest BCUT2D eigenvalue weighted by Crippen LogP contribution is -2.19. The number of para-hydroxylation sites is 1. The second-order valence-electron chi connectivity index (χ2n) is 10.7. The number of nitrogens with zero attached hydrogens (tertiary/aromatic N) is 2. The minimum atomic E-state index is 0.156. The molecule has 2 aromatic rings. The topological polar surface area (TPSA) is 53.4 Å². The van der Waals surface area contributed by atoms with Gasteiger partial charge in [0.25, 0.3) is 0 Å². The van der Waals surface area contributed by atoms with Gasteiger partial charge in [-0.1, -0.05) is 73.6 Å². The lowest BCUT2D eigenvalue weighted by Gasteiger charge is -2.14. The number of carbonyl (C=O) groups is 1. The summed E-state index contributed by atoms with van der Waals surface area (Å²) in [4.78, 5) is 10.9. The van der Waals surface area contributed by atoms with Gasteiger partial charge < -0.3 is 9.47 Å². The summed E-state index contributed by atoms with van der Waals surface area (Å²) < 4.78 is 12.3. The Bertz CT molecular complexity index is 723. The molecule has 3 heterocycles. The Morgan fingerprint density at radius 2 is 1.50 bits per heavy atom. The molecule has 168 valence electrons. The van der Waals surface area contributed by atoms with Crippen LogP contribution in [0.2, 0.25) is 0 Å². The number of rotatable bonds is 0. The van der Waals surface area contributed by atoms with Gasteiger partial charge in [-0.15, -0.1) is 0 Å². The molecule has 1 aromatic carbocycles. The summed E-state index contributed by atoms with van der Waals surface area (Å²) in [7, 11) is 0. The van der Waals surface area contributed by atoms with Gasteiger partial charge in [0.05, 0.1) is 12.8 Å². The highest BCUT2D eigenvalue weighted by Gasteiger charge is 2.14. The highest BCUT2D eigenvalue weighted by molar-refractivity contribution is 5.84. The fraction of sp³-hybridized carbons (Fsp3) is 0.600. The van der Waals surface area contributed by atoms with E-state index in [0.29, 0.717) is 17.3 Å². The Morgan fingerprint density at radius 1 is 0.900 bits per heavy atom. The van der Waals surface area contributed by atoms with Crippen LogP contribution < -0.4 is 9.47 Å². The number of hydrogen-bond acceptors (Lipinski definition) is 4. The fourth-order valence-electron chi connectivity index (χ4n) is 2.21. The van der Waals surface area contributed by atoms with Gasteiger partial charge in [0, 0.05) is 31.0 Å². The fourth-order valence-corrected chi connectivity index (χ4v) is 2.21. The molecule has 0 atom stereocenters. The van der Waals surface area contributed by atoms with E-state index < -0.39 is 0 Å². The molecule has 0 saturated carbocycles. The van der Waals surface area contributed by atoms with Crippen molar-refractivity contribution in [3.8, 4) is 11.6 Å². The van der Waals surface area contributed by atoms with Crippen molar-refractivity contribution < 1.29 is 14.3 Å². The summed E-state index contributed by atoms with van der Waals surface area (Å²) >= 11 is 0. The Kier molecular flexibility index (Phi) is 10.1. The number of aryl methyl sites for hydroxylation is 1. The molecule has 5 heteroatoms. The summed E-state index contributed by atoms with van der Waals surface area (Å²) in [6, 6.07) is 9.53. The predicted octanol–water partition coefficient (Wildman–Crippen LogP) is 5.96. The molecule has 2 aliphatic heterocycles. The normalized spacial score (nSPS) is 14.6. The van der Waals surface area contributed by atoms with E-state index >= 15 is 0 Å². The van der Waals surface area contributed by atoms with Gasteiger partial charge in [0.15, 0.2) is 5.78 Å². The zero-order valence-electron chi connectivity index (χ0n) is 20.1. The molecule has 1 aromatic heterocycles. The average molecular weight is 417 g/mol. The Balaban J connectivity index is 0.000000214. The number of carbonyl (C=O) groups excluding carboxylic acids is 1. The molecule has 0 bridgehead atoms. The van der Waals surface area contributed by atoms with Gasteiger partial charge in [-0.3, -0.25) is 4.79 Å². The lowest BCUT2D eigenvalue weighted by molar-refractivity contribution is -0.121. The first-order valence-electron chi connectivity index (χ1n) is 10.7. The number of Topliss-reactive ketones (excluding diaryl/α,β-unsaturated/α-hetero) is 1. The number of hydrogen-bond donors (Lipinski definition) is 0. The van der Waals surface area contributed by atoms with E-state index in [1.54, 1.807) is 6.20 Å². The SMILES string of the molecule is CC(C)(C)C.CC(C)(C)C.O=C1COc2ccccc2C1.c1cc2n(n1)CCCO2. The van der Waals surface area contributed by atoms with Crippen LogP contribution in [0.15, 0.2) is 36.5 Å². The molecule has 0 N–H and O–H groups in total. The van der Waals surface area contributed by atoms with E-state index in [4.69, 9.17) is 9.47 Å². The zero-order chi connectivity index (χ0) is 22.8. The highest BCUT2D eigenvalue weighted by Crippen LogP contribution is 2.21. The van der Waals surface area contributed by atoms with E-state index in [2.05, 4.69) is 60.5 Å². The molecule has 0 radical (unpaired) electrons. The summed E-state index contributed by atoms with van der Waals surface area (Å²) in [5, 5.41) is 4.05.